The number of rotatable bonds is 12. The SMILES string of the molecule is Cc1ncsc1-c1ccc(CNC(=O)[C@@H]2C[C@@H](O)CN2C(=O)[C@](C)(c2cc(OCCN3Cc4[nH]c5nnc(-c6ccccc6O)cc5c4C3)no2)C(C)C)cc1. The zero-order valence-corrected chi connectivity index (χ0v) is 32.5. The Balaban J connectivity index is 0.885. The first-order valence-corrected chi connectivity index (χ1v) is 19.6. The third kappa shape index (κ3) is 7.01. The standard InChI is InChI=1S/C41H44N8O6S/c1-23(2)41(4,40(53)49-19-27(50)15-33(49)39(52)42-18-25-9-11-26(12-10-25)37-24(3)43-22-56-37)35-17-36(47-55-35)54-14-13-48-20-30-29-16-31(28-7-5-6-8-34(28)51)45-46-38(29)44-32(30)21-48/h5-12,16-17,22-23,27,33,50-51H,13-15,18-21H2,1-4H3,(H,42,52)(H,44,46)/t27-,33+,41+/m1/s1. The summed E-state index contributed by atoms with van der Waals surface area (Å²) in [6.07, 6.45) is -0.694. The van der Waals surface area contributed by atoms with Gasteiger partial charge in [0.1, 0.15) is 23.8 Å². The van der Waals surface area contributed by atoms with Gasteiger partial charge in [-0.2, -0.15) is 0 Å². The van der Waals surface area contributed by atoms with Crippen molar-refractivity contribution in [1.29, 1.82) is 0 Å². The zero-order valence-electron chi connectivity index (χ0n) is 31.7. The summed E-state index contributed by atoms with van der Waals surface area (Å²) in [5.74, 6) is -0.139. The zero-order chi connectivity index (χ0) is 39.1. The maximum Gasteiger partial charge on any atom is 0.254 e. The van der Waals surface area contributed by atoms with Crippen LogP contribution in [0.5, 0.6) is 11.6 Å². The van der Waals surface area contributed by atoms with Crippen LogP contribution in [-0.2, 0) is 34.6 Å². The summed E-state index contributed by atoms with van der Waals surface area (Å²) >= 11 is 1.59. The normalized spacial score (nSPS) is 18.1. The van der Waals surface area contributed by atoms with Gasteiger partial charge in [0.2, 0.25) is 11.8 Å². The molecule has 0 spiro atoms. The van der Waals surface area contributed by atoms with Gasteiger partial charge in [0, 0.05) is 61.9 Å². The lowest BCUT2D eigenvalue weighted by Crippen LogP contribution is -2.53. The number of aliphatic hydroxyl groups is 1. The van der Waals surface area contributed by atoms with E-state index in [2.05, 4.69) is 35.5 Å². The largest absolute Gasteiger partial charge is 0.507 e. The molecule has 6 aromatic rings. The highest BCUT2D eigenvalue weighted by molar-refractivity contribution is 7.13. The summed E-state index contributed by atoms with van der Waals surface area (Å²) in [6, 6.07) is 17.8. The van der Waals surface area contributed by atoms with Gasteiger partial charge in [0.25, 0.3) is 5.88 Å². The maximum absolute atomic E-state index is 14.4. The van der Waals surface area contributed by atoms with Crippen LogP contribution in [0.1, 0.15) is 55.5 Å². The number of likely N-dealkylation sites (tertiary alicyclic amines) is 1. The molecule has 0 bridgehead atoms. The van der Waals surface area contributed by atoms with Crippen molar-refractivity contribution in [3.63, 3.8) is 0 Å². The Kier molecular flexibility index (Phi) is 10.1. The average Bonchev–Trinajstić information content (AvgIpc) is 4.04. The molecule has 1 saturated heterocycles. The molecule has 1 fully saturated rings. The summed E-state index contributed by atoms with van der Waals surface area (Å²) < 4.78 is 11.8. The number of para-hydroxylation sites is 1. The van der Waals surface area contributed by atoms with Crippen LogP contribution in [0.15, 0.2) is 70.7 Å². The topological polar surface area (TPSA) is 183 Å². The van der Waals surface area contributed by atoms with E-state index >= 15 is 0 Å². The van der Waals surface area contributed by atoms with Gasteiger partial charge >= 0.3 is 0 Å². The lowest BCUT2D eigenvalue weighted by Gasteiger charge is -2.35. The molecular weight excluding hydrogens is 733 g/mol. The summed E-state index contributed by atoms with van der Waals surface area (Å²) in [4.78, 5) is 40.5. The number of aryl methyl sites for hydroxylation is 1. The number of hydrogen-bond acceptors (Lipinski definition) is 12. The number of H-pyrrole nitrogens is 1. The van der Waals surface area contributed by atoms with Crippen molar-refractivity contribution in [2.24, 2.45) is 5.92 Å². The molecular formula is C41H44N8O6S. The van der Waals surface area contributed by atoms with Crippen molar-refractivity contribution in [2.45, 2.75) is 71.3 Å². The lowest BCUT2D eigenvalue weighted by molar-refractivity contribution is -0.145. The van der Waals surface area contributed by atoms with E-state index in [0.29, 0.717) is 48.9 Å². The van der Waals surface area contributed by atoms with Crippen LogP contribution in [0.2, 0.25) is 0 Å². The smallest absolute Gasteiger partial charge is 0.254 e. The van der Waals surface area contributed by atoms with Crippen molar-refractivity contribution in [3.8, 4) is 33.3 Å². The Labute approximate surface area is 327 Å². The molecule has 2 aliphatic heterocycles. The van der Waals surface area contributed by atoms with Gasteiger partial charge in [-0.1, -0.05) is 50.2 Å². The molecule has 0 saturated carbocycles. The second-order valence-corrected chi connectivity index (χ2v) is 15.9. The molecule has 3 atom stereocenters. The number of aromatic hydroxyl groups is 1. The fourth-order valence-corrected chi connectivity index (χ4v) is 8.44. The predicted octanol–water partition coefficient (Wildman–Crippen LogP) is 5.34. The average molecular weight is 777 g/mol. The Hall–Kier alpha value is -5.64. The van der Waals surface area contributed by atoms with E-state index < -0.39 is 17.6 Å². The van der Waals surface area contributed by atoms with E-state index in [4.69, 9.17) is 9.26 Å². The van der Waals surface area contributed by atoms with Crippen molar-refractivity contribution < 1.29 is 29.1 Å². The first-order valence-electron chi connectivity index (χ1n) is 18.7. The van der Waals surface area contributed by atoms with Gasteiger partial charge in [-0.25, -0.2) is 4.98 Å². The number of aromatic amines is 1. The number of amides is 2. The number of nitrogens with zero attached hydrogens (tertiary/aromatic N) is 6. The number of carbonyl (C=O) groups is 2. The maximum atomic E-state index is 14.4. The second-order valence-electron chi connectivity index (χ2n) is 15.1. The molecule has 0 radical (unpaired) electrons. The molecule has 14 nitrogen and oxygen atoms in total. The molecule has 6 heterocycles. The molecule has 2 aromatic carbocycles. The Morgan fingerprint density at radius 2 is 1.93 bits per heavy atom. The summed E-state index contributed by atoms with van der Waals surface area (Å²) in [5.41, 5.74) is 7.75. The first-order chi connectivity index (χ1) is 27.0. The second kappa shape index (κ2) is 15.1. The minimum atomic E-state index is -1.18. The molecule has 4 aromatic heterocycles. The number of benzene rings is 2. The number of aliphatic hydroxyl groups excluding tert-OH is 1. The number of nitrogens with one attached hydrogen (secondary N) is 2. The Morgan fingerprint density at radius 3 is 2.68 bits per heavy atom. The fourth-order valence-electron chi connectivity index (χ4n) is 7.63. The van der Waals surface area contributed by atoms with Crippen LogP contribution < -0.4 is 10.1 Å². The molecule has 0 unspecified atom stereocenters. The molecule has 2 aliphatic rings. The molecule has 56 heavy (non-hydrogen) atoms. The monoisotopic (exact) mass is 776 g/mol. The number of phenols is 1. The quantitative estimate of drug-likeness (QED) is 0.126. The number of β-amino-alcohol motifs (C(OH)–C–C–N with tert-alkyl or cyclic N) is 1. The molecule has 15 heteroatoms. The summed E-state index contributed by atoms with van der Waals surface area (Å²) in [5, 5.41) is 37.8. The van der Waals surface area contributed by atoms with Gasteiger partial charge < -0.3 is 34.7 Å². The van der Waals surface area contributed by atoms with Crippen molar-refractivity contribution in [1.82, 2.24) is 40.4 Å². The van der Waals surface area contributed by atoms with E-state index in [1.54, 1.807) is 36.5 Å². The number of fused-ring (bicyclic) bond motifs is 3. The number of thiazole rings is 1. The highest BCUT2D eigenvalue weighted by Crippen LogP contribution is 2.38. The minimum absolute atomic E-state index is 0.0371. The van der Waals surface area contributed by atoms with Crippen LogP contribution >= 0.6 is 11.3 Å². The van der Waals surface area contributed by atoms with E-state index in [-0.39, 0.29) is 48.9 Å². The minimum Gasteiger partial charge on any atom is -0.507 e. The third-order valence-electron chi connectivity index (χ3n) is 11.2. The van der Waals surface area contributed by atoms with Crippen LogP contribution in [0.25, 0.3) is 32.7 Å². The van der Waals surface area contributed by atoms with Gasteiger partial charge in [-0.3, -0.25) is 14.5 Å². The van der Waals surface area contributed by atoms with Gasteiger partial charge in [-0.05, 0) is 59.8 Å². The number of hydrogen-bond donors (Lipinski definition) is 4. The Bertz CT molecular complexity index is 2390. The summed E-state index contributed by atoms with van der Waals surface area (Å²) in [7, 11) is 0. The van der Waals surface area contributed by atoms with E-state index in [1.165, 1.54) is 4.90 Å². The van der Waals surface area contributed by atoms with Gasteiger partial charge in [-0.15, -0.1) is 21.5 Å². The van der Waals surface area contributed by atoms with Crippen LogP contribution in [0, 0.1) is 12.8 Å². The molecule has 2 amide bonds. The van der Waals surface area contributed by atoms with E-state index in [9.17, 15) is 19.8 Å². The van der Waals surface area contributed by atoms with Gasteiger partial charge in [0.15, 0.2) is 11.4 Å². The van der Waals surface area contributed by atoms with E-state index in [1.807, 2.05) is 68.7 Å². The number of aromatic nitrogens is 5. The Morgan fingerprint density at radius 1 is 1.12 bits per heavy atom. The predicted molar refractivity (Wildman–Crippen MR) is 210 cm³/mol. The molecule has 4 N–H and O–H groups in total. The van der Waals surface area contributed by atoms with Crippen LogP contribution in [-0.4, -0.2) is 89.0 Å². The molecule has 290 valence electrons. The third-order valence-corrected chi connectivity index (χ3v) is 12.2. The highest BCUT2D eigenvalue weighted by atomic mass is 32.1. The number of ether oxygens (including phenoxy) is 1. The van der Waals surface area contributed by atoms with Crippen molar-refractivity contribution >= 4 is 34.2 Å². The first kappa shape index (κ1) is 37.3. The molecule has 8 rings (SSSR count). The number of carbonyl (C=O) groups excluding carboxylic acids is 2. The van der Waals surface area contributed by atoms with Crippen molar-refractivity contribution in [2.75, 3.05) is 19.7 Å². The fraction of sp³-hybridized carbons (Fsp3) is 0.366. The summed E-state index contributed by atoms with van der Waals surface area (Å²) in [6.45, 7) is 10.2. The van der Waals surface area contributed by atoms with Gasteiger partial charge in [0.05, 0.1) is 27.9 Å². The van der Waals surface area contributed by atoms with Crippen molar-refractivity contribution in [3.05, 3.63) is 94.4 Å². The molecule has 0 aliphatic carbocycles. The number of phenolic OH excluding ortho intramolecular Hbond substituents is 1. The van der Waals surface area contributed by atoms with Crippen LogP contribution in [0.3, 0.4) is 0 Å². The lowest BCUT2D eigenvalue weighted by atomic mass is 9.75. The van der Waals surface area contributed by atoms with E-state index in [0.717, 1.165) is 38.3 Å². The highest BCUT2D eigenvalue weighted by Gasteiger charge is 2.50. The van der Waals surface area contributed by atoms with Crippen LogP contribution in [0.4, 0.5) is 0 Å².